The van der Waals surface area contributed by atoms with Gasteiger partial charge in [-0.3, -0.25) is 9.80 Å². The summed E-state index contributed by atoms with van der Waals surface area (Å²) in [7, 11) is 0. The number of hydrogen-bond acceptors (Lipinski definition) is 3. The number of hydrogen-bond donors (Lipinski definition) is 0. The van der Waals surface area contributed by atoms with Gasteiger partial charge >= 0.3 is 6.09 Å². The van der Waals surface area contributed by atoms with E-state index in [9.17, 15) is 4.79 Å². The minimum Gasteiger partial charge on any atom is -0.444 e. The maximum atomic E-state index is 12.9. The fourth-order valence-corrected chi connectivity index (χ4v) is 3.51. The fourth-order valence-electron chi connectivity index (χ4n) is 3.51. The Hall–Kier alpha value is -1.55. The van der Waals surface area contributed by atoms with Crippen LogP contribution in [0.2, 0.25) is 0 Å². The van der Waals surface area contributed by atoms with Gasteiger partial charge in [-0.25, -0.2) is 4.79 Å². The van der Waals surface area contributed by atoms with Crippen LogP contribution < -0.4 is 0 Å². The summed E-state index contributed by atoms with van der Waals surface area (Å²) in [5.74, 6) is 0. The van der Waals surface area contributed by atoms with Crippen molar-refractivity contribution >= 4 is 6.09 Å². The van der Waals surface area contributed by atoms with Crippen molar-refractivity contribution in [2.24, 2.45) is 0 Å². The van der Waals surface area contributed by atoms with Gasteiger partial charge in [0.2, 0.25) is 0 Å². The predicted molar refractivity (Wildman–Crippen MR) is 103 cm³/mol. The van der Waals surface area contributed by atoms with Gasteiger partial charge in [-0.1, -0.05) is 30.3 Å². The molecular weight excluding hydrogens is 312 g/mol. The number of nitrogens with zero attached hydrogens (tertiary/aromatic N) is 2. The second-order valence-corrected chi connectivity index (χ2v) is 9.04. The lowest BCUT2D eigenvalue weighted by atomic mass is 9.97. The molecule has 1 amide bonds. The second-order valence-electron chi connectivity index (χ2n) is 9.04. The van der Waals surface area contributed by atoms with Gasteiger partial charge in [-0.05, 0) is 66.5 Å². The minimum atomic E-state index is -0.473. The number of rotatable bonds is 3. The van der Waals surface area contributed by atoms with Crippen LogP contribution in [0.3, 0.4) is 0 Å². The zero-order valence-corrected chi connectivity index (χ0v) is 16.7. The van der Waals surface area contributed by atoms with Crippen LogP contribution in [0.15, 0.2) is 30.3 Å². The summed E-state index contributed by atoms with van der Waals surface area (Å²) < 4.78 is 5.70. The van der Waals surface area contributed by atoms with E-state index in [1.807, 2.05) is 31.7 Å². The van der Waals surface area contributed by atoms with Crippen molar-refractivity contribution < 1.29 is 9.53 Å². The van der Waals surface area contributed by atoms with Gasteiger partial charge in [0.25, 0.3) is 0 Å². The van der Waals surface area contributed by atoms with Crippen molar-refractivity contribution in [3.63, 3.8) is 0 Å². The van der Waals surface area contributed by atoms with E-state index < -0.39 is 5.60 Å². The molecule has 1 aliphatic rings. The molecule has 140 valence electrons. The highest BCUT2D eigenvalue weighted by Gasteiger charge is 2.38. The second kappa shape index (κ2) is 7.77. The van der Waals surface area contributed by atoms with E-state index in [1.165, 1.54) is 5.56 Å². The molecule has 4 nitrogen and oxygen atoms in total. The SMILES string of the molecule is CC(C)(C)OC(=O)N(C1CCCN(Cc2ccccc2)C1)C(C)(C)C. The summed E-state index contributed by atoms with van der Waals surface area (Å²) >= 11 is 0. The quantitative estimate of drug-likeness (QED) is 0.796. The Labute approximate surface area is 153 Å². The number of piperidine rings is 1. The summed E-state index contributed by atoms with van der Waals surface area (Å²) in [5, 5.41) is 0. The van der Waals surface area contributed by atoms with Gasteiger partial charge in [0, 0.05) is 24.7 Å². The minimum absolute atomic E-state index is 0.187. The van der Waals surface area contributed by atoms with Crippen LogP contribution >= 0.6 is 0 Å². The molecule has 1 aromatic carbocycles. The molecule has 1 unspecified atom stereocenters. The Kier molecular flexibility index (Phi) is 6.15. The molecule has 0 spiro atoms. The molecule has 4 heteroatoms. The maximum Gasteiger partial charge on any atom is 0.411 e. The Morgan fingerprint density at radius 1 is 1.16 bits per heavy atom. The predicted octanol–water partition coefficient (Wildman–Crippen LogP) is 4.69. The first-order valence-corrected chi connectivity index (χ1v) is 9.35. The summed E-state index contributed by atoms with van der Waals surface area (Å²) in [4.78, 5) is 17.3. The van der Waals surface area contributed by atoms with Gasteiger partial charge in [-0.15, -0.1) is 0 Å². The number of amides is 1. The maximum absolute atomic E-state index is 12.9. The highest BCUT2D eigenvalue weighted by molar-refractivity contribution is 5.69. The van der Waals surface area contributed by atoms with Gasteiger partial charge in [0.1, 0.15) is 5.60 Å². The molecule has 0 saturated carbocycles. The number of benzene rings is 1. The van der Waals surface area contributed by atoms with E-state index in [4.69, 9.17) is 4.74 Å². The monoisotopic (exact) mass is 346 g/mol. The summed E-state index contributed by atoms with van der Waals surface area (Å²) in [6, 6.07) is 10.7. The van der Waals surface area contributed by atoms with E-state index in [0.717, 1.165) is 32.5 Å². The van der Waals surface area contributed by atoms with Crippen molar-refractivity contribution in [3.05, 3.63) is 35.9 Å². The van der Waals surface area contributed by atoms with Crippen molar-refractivity contribution in [2.45, 2.75) is 78.1 Å². The molecule has 1 saturated heterocycles. The van der Waals surface area contributed by atoms with Crippen LogP contribution in [0.5, 0.6) is 0 Å². The first kappa shape index (κ1) is 19.8. The van der Waals surface area contributed by atoms with E-state index in [-0.39, 0.29) is 17.7 Å². The fraction of sp³-hybridized carbons (Fsp3) is 0.667. The third-order valence-corrected chi connectivity index (χ3v) is 4.41. The van der Waals surface area contributed by atoms with Crippen molar-refractivity contribution in [1.82, 2.24) is 9.80 Å². The van der Waals surface area contributed by atoms with Crippen molar-refractivity contribution in [1.29, 1.82) is 0 Å². The number of likely N-dealkylation sites (tertiary alicyclic amines) is 1. The Balaban J connectivity index is 2.10. The molecular formula is C21H34N2O2. The molecule has 2 rings (SSSR count). The summed E-state index contributed by atoms with van der Waals surface area (Å²) in [5.41, 5.74) is 0.588. The first-order chi connectivity index (χ1) is 11.6. The van der Waals surface area contributed by atoms with Gasteiger partial charge in [0.15, 0.2) is 0 Å². The van der Waals surface area contributed by atoms with Gasteiger partial charge in [-0.2, -0.15) is 0 Å². The average molecular weight is 347 g/mol. The Bertz CT molecular complexity index is 557. The normalized spacial score (nSPS) is 19.5. The highest BCUT2D eigenvalue weighted by Crippen LogP contribution is 2.27. The lowest BCUT2D eigenvalue weighted by Crippen LogP contribution is -2.57. The van der Waals surface area contributed by atoms with Crippen LogP contribution in [0.25, 0.3) is 0 Å². The molecule has 1 heterocycles. The molecule has 0 aromatic heterocycles. The topological polar surface area (TPSA) is 32.8 Å². The van der Waals surface area contributed by atoms with E-state index >= 15 is 0 Å². The molecule has 25 heavy (non-hydrogen) atoms. The molecule has 0 N–H and O–H groups in total. The molecule has 0 bridgehead atoms. The molecule has 0 aliphatic carbocycles. The third kappa shape index (κ3) is 6.03. The van der Waals surface area contributed by atoms with E-state index in [1.54, 1.807) is 0 Å². The van der Waals surface area contributed by atoms with Crippen LogP contribution in [-0.4, -0.2) is 46.2 Å². The molecule has 1 fully saturated rings. The molecule has 1 aromatic rings. The van der Waals surface area contributed by atoms with Crippen LogP contribution in [0.1, 0.15) is 59.9 Å². The van der Waals surface area contributed by atoms with E-state index in [2.05, 4.69) is 49.9 Å². The third-order valence-electron chi connectivity index (χ3n) is 4.41. The first-order valence-electron chi connectivity index (χ1n) is 9.35. The highest BCUT2D eigenvalue weighted by atomic mass is 16.6. The number of ether oxygens (including phenoxy) is 1. The van der Waals surface area contributed by atoms with Crippen molar-refractivity contribution in [3.8, 4) is 0 Å². The molecule has 0 radical (unpaired) electrons. The summed E-state index contributed by atoms with van der Waals surface area (Å²) in [6.07, 6.45) is 1.93. The zero-order chi connectivity index (χ0) is 18.7. The molecule has 1 aliphatic heterocycles. The average Bonchev–Trinajstić information content (AvgIpc) is 2.45. The van der Waals surface area contributed by atoms with Crippen molar-refractivity contribution in [2.75, 3.05) is 13.1 Å². The number of carbonyl (C=O) groups excluding carboxylic acids is 1. The Morgan fingerprint density at radius 3 is 2.36 bits per heavy atom. The number of carbonyl (C=O) groups is 1. The zero-order valence-electron chi connectivity index (χ0n) is 16.7. The van der Waals surface area contributed by atoms with E-state index in [0.29, 0.717) is 0 Å². The van der Waals surface area contributed by atoms with Crippen LogP contribution in [0, 0.1) is 0 Å². The lowest BCUT2D eigenvalue weighted by molar-refractivity contribution is -0.0205. The molecule has 1 atom stereocenters. The van der Waals surface area contributed by atoms with Crippen LogP contribution in [0.4, 0.5) is 4.79 Å². The van der Waals surface area contributed by atoms with Gasteiger partial charge in [0.05, 0.1) is 0 Å². The lowest BCUT2D eigenvalue weighted by Gasteiger charge is -2.45. The standard InChI is InChI=1S/C21H34N2O2/c1-20(2,3)23(19(24)25-21(4,5)6)18-13-10-14-22(16-18)15-17-11-8-7-9-12-17/h7-9,11-12,18H,10,13-16H2,1-6H3. The smallest absolute Gasteiger partial charge is 0.411 e. The Morgan fingerprint density at radius 2 is 1.80 bits per heavy atom. The summed E-state index contributed by atoms with van der Waals surface area (Å²) in [6.45, 7) is 15.0. The largest absolute Gasteiger partial charge is 0.444 e. The van der Waals surface area contributed by atoms with Gasteiger partial charge < -0.3 is 4.74 Å². The van der Waals surface area contributed by atoms with Crippen LogP contribution in [-0.2, 0) is 11.3 Å².